The van der Waals surface area contributed by atoms with Crippen LogP contribution in [0.1, 0.15) is 0 Å². The molecule has 2 heterocycles. The van der Waals surface area contributed by atoms with Crippen LogP contribution in [0.3, 0.4) is 0 Å². The largest absolute Gasteiger partial charge is 2.00 e. The van der Waals surface area contributed by atoms with Crippen LogP contribution in [0.4, 0.5) is 10.0 Å². The quantitative estimate of drug-likeness (QED) is 0.265. The van der Waals surface area contributed by atoms with Crippen molar-refractivity contribution in [1.29, 1.82) is 0 Å². The van der Waals surface area contributed by atoms with E-state index in [0.717, 1.165) is 59.4 Å². The van der Waals surface area contributed by atoms with Crippen molar-refractivity contribution in [2.75, 3.05) is 0 Å². The van der Waals surface area contributed by atoms with Crippen LogP contribution in [-0.2, 0) is 26.4 Å². The Balaban J connectivity index is 0.000000381. The molecule has 0 amide bonds. The van der Waals surface area contributed by atoms with Crippen LogP contribution in [0.5, 0.6) is 0 Å². The number of ketones is 2. The Labute approximate surface area is 248 Å². The van der Waals surface area contributed by atoms with E-state index in [1.807, 2.05) is 0 Å². The summed E-state index contributed by atoms with van der Waals surface area (Å²) in [6, 6.07) is 0. The van der Waals surface area contributed by atoms with E-state index in [1.165, 1.54) is 0 Å². The van der Waals surface area contributed by atoms with Gasteiger partial charge in [0.2, 0.25) is 11.6 Å². The maximum atomic E-state index is 11.1. The number of aromatic nitrogens is 2. The number of carbonyl (C=O) groups is 2. The zero-order valence-corrected chi connectivity index (χ0v) is 23.0. The number of halogens is 2. The Hall–Kier alpha value is -4.05. The van der Waals surface area contributed by atoms with Crippen molar-refractivity contribution in [3.63, 3.8) is 0 Å². The second-order valence-corrected chi connectivity index (χ2v) is 9.21. The first-order valence-corrected chi connectivity index (χ1v) is 11.8. The molecule has 0 unspecified atom stereocenters. The maximum Gasteiger partial charge on any atom is 2.00 e. The second kappa shape index (κ2) is 14.9. The van der Waals surface area contributed by atoms with Gasteiger partial charge in [0.1, 0.15) is 22.9 Å². The zero-order chi connectivity index (χ0) is 28.0. The molecule has 0 atom stereocenters. The van der Waals surface area contributed by atoms with E-state index in [0.29, 0.717) is 0 Å². The standard InChI is InChI=1S/2C9H5ClN4O4S.Co.H2O/c2*10-4-1-5(7(16)2-6(4)15)12-13-9-11-3-8(19-9)14(17)18;;/h2*1-3H,(H2,11,13,15,16);;1H2/q;;+2;/p-2. The molecule has 0 spiro atoms. The topological polar surface area (TPSA) is 270 Å². The minimum absolute atomic E-state index is 0. The van der Waals surface area contributed by atoms with Crippen LogP contribution >= 0.6 is 45.9 Å². The van der Waals surface area contributed by atoms with Crippen LogP contribution in [0.15, 0.2) is 78.7 Å². The van der Waals surface area contributed by atoms with Crippen molar-refractivity contribution in [1.82, 2.24) is 9.97 Å². The number of allylic oxidation sites excluding steroid dienone is 6. The third kappa shape index (κ3) is 9.01. The molecule has 2 aromatic rings. The van der Waals surface area contributed by atoms with Gasteiger partial charge in [0.15, 0.2) is 0 Å². The Morgan fingerprint density at radius 1 is 0.725 bits per heavy atom. The van der Waals surface area contributed by atoms with Crippen molar-refractivity contribution < 1.29 is 51.9 Å². The summed E-state index contributed by atoms with van der Waals surface area (Å²) in [7, 11) is 0. The summed E-state index contributed by atoms with van der Waals surface area (Å²) in [5.74, 6) is -1.85. The first-order valence-electron chi connectivity index (χ1n) is 9.37. The van der Waals surface area contributed by atoms with Gasteiger partial charge in [-0.2, -0.15) is 0 Å². The van der Waals surface area contributed by atoms with Gasteiger partial charge < -0.3 is 35.9 Å². The van der Waals surface area contributed by atoms with E-state index < -0.39 is 21.4 Å². The van der Waals surface area contributed by atoms with Crippen LogP contribution in [-0.4, -0.2) is 48.5 Å². The van der Waals surface area contributed by atoms with Gasteiger partial charge in [-0.25, -0.2) is 0 Å². The van der Waals surface area contributed by atoms with Gasteiger partial charge in [-0.15, -0.1) is 0 Å². The first kappa shape index (κ1) is 34.0. The summed E-state index contributed by atoms with van der Waals surface area (Å²) >= 11 is 12.6. The van der Waals surface area contributed by atoms with Crippen molar-refractivity contribution >= 4 is 78.9 Å². The number of carbonyl (C=O) groups excluding carboxylic acids is 2. The van der Waals surface area contributed by atoms with Gasteiger partial charge in [-0.3, -0.25) is 40.0 Å². The fourth-order valence-electron chi connectivity index (χ4n) is 2.19. The average molecular weight is 676 g/mol. The SMILES string of the molecule is O.O=C1C=C(O)/C(=N/N=c2\[n-]cc([N+](=O)[O-])s2)C=C1Cl.O=C1C=C(O)/C(=N/N=c2\[n-]cc([N+](=O)[O-])s2)C=C1Cl.[Co+2]. The van der Waals surface area contributed by atoms with Gasteiger partial charge in [-0.05, 0) is 12.2 Å². The molecule has 0 aliphatic heterocycles. The third-order valence-electron chi connectivity index (χ3n) is 3.87. The van der Waals surface area contributed by atoms with Crippen LogP contribution in [0.25, 0.3) is 0 Å². The number of hydrogen-bond acceptors (Lipinski definition) is 14. The number of nitro groups is 2. The molecule has 2 aliphatic rings. The van der Waals surface area contributed by atoms with Gasteiger partial charge >= 0.3 is 26.8 Å². The van der Waals surface area contributed by atoms with E-state index in [1.54, 1.807) is 0 Å². The Morgan fingerprint density at radius 3 is 1.38 bits per heavy atom. The fraction of sp³-hybridized carbons (Fsp3) is 0. The summed E-state index contributed by atoms with van der Waals surface area (Å²) in [4.78, 5) is 49.3. The molecule has 0 fully saturated rings. The molecule has 4 rings (SSSR count). The molecule has 0 bridgehead atoms. The number of rotatable bonds is 4. The monoisotopic (exact) mass is 675 g/mol. The summed E-state index contributed by atoms with van der Waals surface area (Å²) in [6.45, 7) is 0. The predicted octanol–water partition coefficient (Wildman–Crippen LogP) is 1.21. The summed E-state index contributed by atoms with van der Waals surface area (Å²) in [5.41, 5.74) is -0.0510. The molecule has 2 aromatic heterocycles. The van der Waals surface area contributed by atoms with Gasteiger partial charge in [0, 0.05) is 34.1 Å². The molecule has 2 aliphatic carbocycles. The Bertz CT molecular complexity index is 1550. The summed E-state index contributed by atoms with van der Waals surface area (Å²) < 4.78 is 0. The van der Waals surface area contributed by atoms with Crippen molar-refractivity contribution in [3.8, 4) is 0 Å². The van der Waals surface area contributed by atoms with Gasteiger partial charge in [-0.1, -0.05) is 45.9 Å². The summed E-state index contributed by atoms with van der Waals surface area (Å²) in [6.07, 6.45) is 6.19. The molecular formula is C18H10Cl2CoN8O9S2. The first-order chi connectivity index (χ1) is 17.9. The Kier molecular flexibility index (Phi) is 12.7. The van der Waals surface area contributed by atoms with Crippen molar-refractivity contribution in [2.24, 2.45) is 20.4 Å². The maximum absolute atomic E-state index is 11.1. The molecule has 22 heteroatoms. The van der Waals surface area contributed by atoms with Crippen LogP contribution < -0.4 is 19.6 Å². The minimum atomic E-state index is -0.600. The van der Waals surface area contributed by atoms with Crippen LogP contribution in [0.2, 0.25) is 0 Å². The molecule has 0 saturated carbocycles. The zero-order valence-electron chi connectivity index (χ0n) is 18.8. The molecule has 1 radical (unpaired) electrons. The average Bonchev–Trinajstić information content (AvgIpc) is 3.53. The second-order valence-electron chi connectivity index (χ2n) is 6.42. The molecule has 0 aromatic carbocycles. The van der Waals surface area contributed by atoms with E-state index in [2.05, 4.69) is 30.4 Å². The van der Waals surface area contributed by atoms with E-state index in [9.17, 15) is 40.0 Å². The van der Waals surface area contributed by atoms with E-state index >= 15 is 0 Å². The normalized spacial score (nSPS) is 17.6. The molecule has 211 valence electrons. The van der Waals surface area contributed by atoms with E-state index in [-0.39, 0.29) is 74.9 Å². The number of aliphatic hydroxyl groups excluding tert-OH is 2. The molecule has 0 saturated heterocycles. The van der Waals surface area contributed by atoms with Crippen LogP contribution in [0, 0.1) is 20.2 Å². The fourth-order valence-corrected chi connectivity index (χ4v) is 3.62. The molecule has 40 heavy (non-hydrogen) atoms. The predicted molar refractivity (Wildman–Crippen MR) is 138 cm³/mol. The number of aliphatic hydroxyl groups is 2. The molecular weight excluding hydrogens is 666 g/mol. The van der Waals surface area contributed by atoms with Gasteiger partial charge in [0.25, 0.3) is 0 Å². The smallest absolute Gasteiger partial charge is 0.506 e. The Morgan fingerprint density at radius 2 is 1.07 bits per heavy atom. The number of hydrogen-bond donors (Lipinski definition) is 2. The molecule has 4 N–H and O–H groups in total. The van der Waals surface area contributed by atoms with Crippen molar-refractivity contribution in [2.45, 2.75) is 0 Å². The van der Waals surface area contributed by atoms with E-state index in [4.69, 9.17) is 23.2 Å². The van der Waals surface area contributed by atoms with Crippen molar-refractivity contribution in [3.05, 3.63) is 88.1 Å². The number of nitrogens with zero attached hydrogens (tertiary/aromatic N) is 8. The third-order valence-corrected chi connectivity index (χ3v) is 6.12. The molecule has 17 nitrogen and oxygen atoms in total. The minimum Gasteiger partial charge on any atom is -0.506 e. The summed E-state index contributed by atoms with van der Waals surface area (Å²) in [5, 5.41) is 53.7. The number of thiazole rings is 2. The van der Waals surface area contributed by atoms with Gasteiger partial charge in [0.05, 0.1) is 19.9 Å².